The summed E-state index contributed by atoms with van der Waals surface area (Å²) in [5.74, 6) is -0.186. The van der Waals surface area contributed by atoms with E-state index in [4.69, 9.17) is 5.73 Å². The molecule has 0 radical (unpaired) electrons. The van der Waals surface area contributed by atoms with Crippen molar-refractivity contribution in [3.63, 3.8) is 0 Å². The van der Waals surface area contributed by atoms with E-state index in [-0.39, 0.29) is 25.0 Å². The van der Waals surface area contributed by atoms with Crippen LogP contribution in [0.15, 0.2) is 6.20 Å². The maximum atomic E-state index is 11.5. The summed E-state index contributed by atoms with van der Waals surface area (Å²) in [6.45, 7) is 0.407. The van der Waals surface area contributed by atoms with Gasteiger partial charge in [0, 0.05) is 18.1 Å². The third-order valence-electron chi connectivity index (χ3n) is 2.12. The van der Waals surface area contributed by atoms with Crippen LogP contribution in [0.3, 0.4) is 0 Å². The smallest absolute Gasteiger partial charge is 0.327 e. The fourth-order valence-corrected chi connectivity index (χ4v) is 2.05. The van der Waals surface area contributed by atoms with Gasteiger partial charge in [0.25, 0.3) is 5.91 Å². The molecule has 1 aromatic rings. The fourth-order valence-electron chi connectivity index (χ4n) is 1.38. The summed E-state index contributed by atoms with van der Waals surface area (Å²) >= 11 is 1.28. The monoisotopic (exact) mass is 226 g/mol. The van der Waals surface area contributed by atoms with Gasteiger partial charge in [0.1, 0.15) is 6.54 Å². The van der Waals surface area contributed by atoms with Gasteiger partial charge in [0.15, 0.2) is 5.13 Å². The number of thiazole rings is 1. The molecule has 0 saturated carbocycles. The van der Waals surface area contributed by atoms with E-state index in [0.717, 1.165) is 4.88 Å². The Bertz CT molecular complexity index is 417. The summed E-state index contributed by atoms with van der Waals surface area (Å²) in [5.41, 5.74) is 5.46. The highest BCUT2D eigenvalue weighted by Gasteiger charge is 2.33. The van der Waals surface area contributed by atoms with E-state index in [1.165, 1.54) is 21.1 Å². The molecule has 15 heavy (non-hydrogen) atoms. The molecule has 1 fully saturated rings. The fraction of sp³-hybridized carbons (Fsp3) is 0.375. The Kier molecular flexibility index (Phi) is 2.31. The topological polar surface area (TPSA) is 79.5 Å². The average Bonchev–Trinajstić information content (AvgIpc) is 2.67. The molecule has 0 spiro atoms. The van der Waals surface area contributed by atoms with E-state index in [2.05, 4.69) is 4.98 Å². The van der Waals surface area contributed by atoms with E-state index < -0.39 is 0 Å². The highest BCUT2D eigenvalue weighted by atomic mass is 32.1. The molecule has 0 atom stereocenters. The van der Waals surface area contributed by atoms with Crippen LogP contribution in [0.2, 0.25) is 0 Å². The van der Waals surface area contributed by atoms with Gasteiger partial charge in [0.05, 0.1) is 6.54 Å². The number of rotatable bonds is 2. The summed E-state index contributed by atoms with van der Waals surface area (Å²) in [5, 5.41) is 0.442. The van der Waals surface area contributed by atoms with Gasteiger partial charge in [-0.05, 0) is 0 Å². The number of carbonyl (C=O) groups excluding carboxylic acids is 2. The second-order valence-corrected chi connectivity index (χ2v) is 4.43. The van der Waals surface area contributed by atoms with Gasteiger partial charge in [-0.25, -0.2) is 9.78 Å². The average molecular weight is 226 g/mol. The Morgan fingerprint density at radius 3 is 2.80 bits per heavy atom. The lowest BCUT2D eigenvalue weighted by Gasteiger charge is -2.11. The first-order valence-corrected chi connectivity index (χ1v) is 5.15. The number of nitrogens with zero attached hydrogens (tertiary/aromatic N) is 3. The van der Waals surface area contributed by atoms with Crippen LogP contribution < -0.4 is 5.73 Å². The highest BCUT2D eigenvalue weighted by Crippen LogP contribution is 2.19. The Morgan fingerprint density at radius 1 is 1.60 bits per heavy atom. The van der Waals surface area contributed by atoms with Gasteiger partial charge in [-0.15, -0.1) is 11.3 Å². The summed E-state index contributed by atoms with van der Waals surface area (Å²) in [4.78, 5) is 30.2. The molecule has 1 aliphatic heterocycles. The van der Waals surface area contributed by atoms with Crippen molar-refractivity contribution < 1.29 is 9.59 Å². The molecule has 1 saturated heterocycles. The number of carbonyl (C=O) groups is 2. The molecular formula is C8H10N4O2S. The van der Waals surface area contributed by atoms with Gasteiger partial charge >= 0.3 is 6.03 Å². The van der Waals surface area contributed by atoms with Gasteiger partial charge in [-0.2, -0.15) is 0 Å². The van der Waals surface area contributed by atoms with Crippen molar-refractivity contribution in [1.29, 1.82) is 0 Å². The Labute approximate surface area is 90.3 Å². The van der Waals surface area contributed by atoms with E-state index >= 15 is 0 Å². The third kappa shape index (κ3) is 1.78. The summed E-state index contributed by atoms with van der Waals surface area (Å²) < 4.78 is 0. The minimum atomic E-state index is -0.271. The SMILES string of the molecule is CN1CC(=O)N(Cc2cnc(N)s2)C1=O. The zero-order chi connectivity index (χ0) is 11.0. The number of likely N-dealkylation sites (N-methyl/N-ethyl adjacent to an activating group) is 1. The molecule has 0 unspecified atom stereocenters. The minimum Gasteiger partial charge on any atom is -0.375 e. The van der Waals surface area contributed by atoms with Crippen molar-refractivity contribution in [2.45, 2.75) is 6.54 Å². The molecule has 80 valence electrons. The summed E-state index contributed by atoms with van der Waals surface area (Å²) in [6, 6.07) is -0.271. The van der Waals surface area contributed by atoms with Gasteiger partial charge < -0.3 is 10.6 Å². The van der Waals surface area contributed by atoms with Crippen LogP contribution in [0.5, 0.6) is 0 Å². The zero-order valence-corrected chi connectivity index (χ0v) is 8.95. The number of anilines is 1. The van der Waals surface area contributed by atoms with Crippen LogP contribution in [-0.4, -0.2) is 40.3 Å². The number of nitrogens with two attached hydrogens (primary N) is 1. The second-order valence-electron chi connectivity index (χ2n) is 3.28. The van der Waals surface area contributed by atoms with Crippen molar-refractivity contribution in [3.8, 4) is 0 Å². The maximum Gasteiger partial charge on any atom is 0.327 e. The molecule has 2 N–H and O–H groups in total. The van der Waals surface area contributed by atoms with Gasteiger partial charge in [-0.1, -0.05) is 0 Å². The first-order valence-electron chi connectivity index (χ1n) is 4.33. The third-order valence-corrected chi connectivity index (χ3v) is 2.93. The van der Waals surface area contributed by atoms with Crippen molar-refractivity contribution in [3.05, 3.63) is 11.1 Å². The van der Waals surface area contributed by atoms with Crippen LogP contribution in [0, 0.1) is 0 Å². The molecule has 1 aliphatic rings. The van der Waals surface area contributed by atoms with Crippen molar-refractivity contribution >= 4 is 28.4 Å². The number of nitrogen functional groups attached to an aromatic ring is 1. The largest absolute Gasteiger partial charge is 0.375 e. The summed E-state index contributed by atoms with van der Waals surface area (Å²) in [6.07, 6.45) is 1.58. The first kappa shape index (κ1) is 9.91. The number of hydrogen-bond donors (Lipinski definition) is 1. The Balaban J connectivity index is 2.12. The van der Waals surface area contributed by atoms with Crippen molar-refractivity contribution in [2.75, 3.05) is 19.3 Å². The highest BCUT2D eigenvalue weighted by molar-refractivity contribution is 7.15. The number of urea groups is 1. The predicted octanol–water partition coefficient (Wildman–Crippen LogP) is 0.119. The lowest BCUT2D eigenvalue weighted by atomic mass is 10.5. The molecule has 0 bridgehead atoms. The first-order chi connectivity index (χ1) is 7.08. The second kappa shape index (κ2) is 3.50. The molecule has 2 rings (SSSR count). The number of amides is 3. The molecule has 1 aromatic heterocycles. The quantitative estimate of drug-likeness (QED) is 0.726. The number of aromatic nitrogens is 1. The number of imide groups is 1. The molecule has 2 heterocycles. The van der Waals surface area contributed by atoms with Crippen LogP contribution in [-0.2, 0) is 11.3 Å². The molecule has 7 heteroatoms. The molecular weight excluding hydrogens is 216 g/mol. The van der Waals surface area contributed by atoms with E-state index in [1.807, 2.05) is 0 Å². The van der Waals surface area contributed by atoms with E-state index in [1.54, 1.807) is 13.2 Å². The van der Waals surface area contributed by atoms with Gasteiger partial charge in [0.2, 0.25) is 0 Å². The summed E-state index contributed by atoms with van der Waals surface area (Å²) in [7, 11) is 1.60. The van der Waals surface area contributed by atoms with Crippen molar-refractivity contribution in [1.82, 2.24) is 14.8 Å². The normalized spacial score (nSPS) is 16.6. The van der Waals surface area contributed by atoms with Crippen LogP contribution >= 0.6 is 11.3 Å². The van der Waals surface area contributed by atoms with Crippen LogP contribution in [0.1, 0.15) is 4.88 Å². The van der Waals surface area contributed by atoms with Crippen molar-refractivity contribution in [2.24, 2.45) is 0 Å². The maximum absolute atomic E-state index is 11.5. The Morgan fingerprint density at radius 2 is 2.33 bits per heavy atom. The predicted molar refractivity (Wildman–Crippen MR) is 55.1 cm³/mol. The number of hydrogen-bond acceptors (Lipinski definition) is 5. The lowest BCUT2D eigenvalue weighted by molar-refractivity contribution is -0.125. The van der Waals surface area contributed by atoms with Crippen LogP contribution in [0.25, 0.3) is 0 Å². The standard InChI is InChI=1S/C8H10N4O2S/c1-11-4-6(13)12(8(11)14)3-5-2-10-7(9)15-5/h2H,3-4H2,1H3,(H2,9,10). The zero-order valence-electron chi connectivity index (χ0n) is 8.14. The van der Waals surface area contributed by atoms with E-state index in [0.29, 0.717) is 5.13 Å². The van der Waals surface area contributed by atoms with E-state index in [9.17, 15) is 9.59 Å². The molecule has 0 aliphatic carbocycles. The van der Waals surface area contributed by atoms with Gasteiger partial charge in [-0.3, -0.25) is 9.69 Å². The molecule has 3 amide bonds. The van der Waals surface area contributed by atoms with Crippen LogP contribution in [0.4, 0.5) is 9.93 Å². The lowest BCUT2D eigenvalue weighted by Crippen LogP contribution is -2.30. The molecule has 0 aromatic carbocycles. The molecule has 6 nitrogen and oxygen atoms in total. The Hall–Kier alpha value is -1.63. The minimum absolute atomic E-state index is 0.146.